The van der Waals surface area contributed by atoms with E-state index in [-0.39, 0.29) is 18.0 Å². The van der Waals surface area contributed by atoms with E-state index in [0.29, 0.717) is 15.7 Å². The minimum Gasteiger partial charge on any atom is -0.310 e. The van der Waals surface area contributed by atoms with E-state index in [4.69, 9.17) is 11.6 Å². The van der Waals surface area contributed by atoms with Crippen LogP contribution in [0, 0.1) is 6.92 Å². The summed E-state index contributed by atoms with van der Waals surface area (Å²) in [5.41, 5.74) is 0.950. The normalized spacial score (nSPS) is 10.6. The van der Waals surface area contributed by atoms with Crippen LogP contribution in [0.5, 0.6) is 0 Å². The summed E-state index contributed by atoms with van der Waals surface area (Å²) < 4.78 is 1.45. The van der Waals surface area contributed by atoms with Gasteiger partial charge in [-0.25, -0.2) is 0 Å². The van der Waals surface area contributed by atoms with Crippen LogP contribution in [0.3, 0.4) is 0 Å². The van der Waals surface area contributed by atoms with Gasteiger partial charge in [-0.05, 0) is 24.6 Å². The molecule has 3 aromatic rings. The highest BCUT2D eigenvalue weighted by Gasteiger charge is 2.11. The number of rotatable bonds is 4. The van der Waals surface area contributed by atoms with Gasteiger partial charge in [-0.3, -0.25) is 14.9 Å². The number of aromatic nitrogens is 3. The highest BCUT2D eigenvalue weighted by molar-refractivity contribution is 7.15. The monoisotopic (exact) mass is 360 g/mol. The van der Waals surface area contributed by atoms with E-state index in [0.717, 1.165) is 10.6 Å². The average Bonchev–Trinajstić information content (AvgIpc) is 2.96. The van der Waals surface area contributed by atoms with Crippen molar-refractivity contribution in [1.82, 2.24) is 14.8 Å². The zero-order valence-corrected chi connectivity index (χ0v) is 14.3. The van der Waals surface area contributed by atoms with Crippen LogP contribution in [0.4, 0.5) is 5.13 Å². The van der Waals surface area contributed by atoms with E-state index in [1.165, 1.54) is 34.2 Å². The van der Waals surface area contributed by atoms with Crippen LogP contribution in [0.15, 0.2) is 47.4 Å². The van der Waals surface area contributed by atoms with Crippen molar-refractivity contribution < 1.29 is 4.79 Å². The SMILES string of the molecule is Cc1nnc(NC(=O)c2ccc(=O)n(Cc3ccccc3Cl)c2)s1. The van der Waals surface area contributed by atoms with Gasteiger partial charge < -0.3 is 4.57 Å². The van der Waals surface area contributed by atoms with E-state index in [9.17, 15) is 9.59 Å². The van der Waals surface area contributed by atoms with Crippen LogP contribution in [0.1, 0.15) is 20.9 Å². The number of amides is 1. The Morgan fingerprint density at radius 2 is 2.04 bits per heavy atom. The fourth-order valence-electron chi connectivity index (χ4n) is 2.12. The van der Waals surface area contributed by atoms with E-state index < -0.39 is 0 Å². The highest BCUT2D eigenvalue weighted by atomic mass is 35.5. The number of anilines is 1. The fourth-order valence-corrected chi connectivity index (χ4v) is 2.90. The Morgan fingerprint density at radius 1 is 1.25 bits per heavy atom. The van der Waals surface area contributed by atoms with Crippen molar-refractivity contribution in [1.29, 1.82) is 0 Å². The second kappa shape index (κ2) is 6.94. The number of carbonyl (C=O) groups excluding carboxylic acids is 1. The molecule has 122 valence electrons. The lowest BCUT2D eigenvalue weighted by Crippen LogP contribution is -2.22. The molecule has 6 nitrogen and oxygen atoms in total. The standard InChI is InChI=1S/C16H13ClN4O2S/c1-10-19-20-16(24-10)18-15(23)12-6-7-14(22)21(9-12)8-11-4-2-3-5-13(11)17/h2-7,9H,8H2,1H3,(H,18,20,23). The number of aryl methyl sites for hydroxylation is 1. The Kier molecular flexibility index (Phi) is 4.73. The summed E-state index contributed by atoms with van der Waals surface area (Å²) in [6.45, 7) is 2.09. The topological polar surface area (TPSA) is 76.9 Å². The number of halogens is 1. The summed E-state index contributed by atoms with van der Waals surface area (Å²) in [5, 5.41) is 12.1. The maximum absolute atomic E-state index is 12.3. The minimum atomic E-state index is -0.348. The first kappa shape index (κ1) is 16.4. The second-order valence-corrected chi connectivity index (χ2v) is 6.64. The molecule has 3 rings (SSSR count). The number of hydrogen-bond acceptors (Lipinski definition) is 5. The highest BCUT2D eigenvalue weighted by Crippen LogP contribution is 2.17. The molecule has 0 aliphatic heterocycles. The molecule has 0 aliphatic rings. The predicted molar refractivity (Wildman–Crippen MR) is 93.9 cm³/mol. The number of carbonyl (C=O) groups is 1. The smallest absolute Gasteiger partial charge is 0.258 e. The lowest BCUT2D eigenvalue weighted by molar-refractivity contribution is 0.102. The van der Waals surface area contributed by atoms with Crippen molar-refractivity contribution >= 4 is 34.0 Å². The summed E-state index contributed by atoms with van der Waals surface area (Å²) >= 11 is 7.41. The lowest BCUT2D eigenvalue weighted by atomic mass is 10.2. The summed E-state index contributed by atoms with van der Waals surface area (Å²) in [6, 6.07) is 10.1. The van der Waals surface area contributed by atoms with E-state index in [1.54, 1.807) is 13.0 Å². The first-order valence-electron chi connectivity index (χ1n) is 7.08. The molecule has 0 saturated carbocycles. The lowest BCUT2D eigenvalue weighted by Gasteiger charge is -2.09. The molecule has 0 spiro atoms. The molecule has 0 unspecified atom stereocenters. The molecular formula is C16H13ClN4O2S. The minimum absolute atomic E-state index is 0.210. The molecule has 0 aliphatic carbocycles. The molecule has 0 bridgehead atoms. The molecule has 2 heterocycles. The van der Waals surface area contributed by atoms with Crippen LogP contribution in [0.2, 0.25) is 5.02 Å². The number of hydrogen-bond donors (Lipinski definition) is 1. The maximum Gasteiger partial charge on any atom is 0.258 e. The third-order valence-electron chi connectivity index (χ3n) is 3.29. The molecular weight excluding hydrogens is 348 g/mol. The number of nitrogens with one attached hydrogen (secondary N) is 1. The van der Waals surface area contributed by atoms with Gasteiger partial charge >= 0.3 is 0 Å². The van der Waals surface area contributed by atoms with E-state index in [1.807, 2.05) is 18.2 Å². The van der Waals surface area contributed by atoms with Crippen LogP contribution >= 0.6 is 22.9 Å². The van der Waals surface area contributed by atoms with Gasteiger partial charge in [-0.2, -0.15) is 0 Å². The molecule has 0 radical (unpaired) electrons. The molecule has 1 N–H and O–H groups in total. The van der Waals surface area contributed by atoms with E-state index >= 15 is 0 Å². The van der Waals surface area contributed by atoms with Crippen LogP contribution in [-0.4, -0.2) is 20.7 Å². The second-order valence-electron chi connectivity index (χ2n) is 5.06. The molecule has 1 amide bonds. The number of nitrogens with zero attached hydrogens (tertiary/aromatic N) is 3. The quantitative estimate of drug-likeness (QED) is 0.776. The van der Waals surface area contributed by atoms with Crippen molar-refractivity contribution in [2.24, 2.45) is 0 Å². The molecule has 1 aromatic carbocycles. The third kappa shape index (κ3) is 3.69. The van der Waals surface area contributed by atoms with Gasteiger partial charge in [-0.15, -0.1) is 10.2 Å². The van der Waals surface area contributed by atoms with Crippen molar-refractivity contribution in [3.8, 4) is 0 Å². The zero-order valence-electron chi connectivity index (χ0n) is 12.7. The van der Waals surface area contributed by atoms with Gasteiger partial charge in [-0.1, -0.05) is 41.1 Å². The van der Waals surface area contributed by atoms with Crippen LogP contribution in [-0.2, 0) is 6.54 Å². The van der Waals surface area contributed by atoms with Gasteiger partial charge in [0.05, 0.1) is 12.1 Å². The first-order chi connectivity index (χ1) is 11.5. The van der Waals surface area contributed by atoms with Crippen molar-refractivity contribution in [3.63, 3.8) is 0 Å². The molecule has 0 saturated heterocycles. The van der Waals surface area contributed by atoms with Gasteiger partial charge in [0.25, 0.3) is 11.5 Å². The summed E-state index contributed by atoms with van der Waals surface area (Å²) in [6.07, 6.45) is 1.51. The predicted octanol–water partition coefficient (Wildman–Crippen LogP) is 2.96. The molecule has 2 aromatic heterocycles. The summed E-state index contributed by atoms with van der Waals surface area (Å²) in [7, 11) is 0. The van der Waals surface area contributed by atoms with Crippen molar-refractivity contribution in [2.75, 3.05) is 5.32 Å². The van der Waals surface area contributed by atoms with Gasteiger partial charge in [0.15, 0.2) is 0 Å². The Hall–Kier alpha value is -2.51. The fraction of sp³-hybridized carbons (Fsp3) is 0.125. The van der Waals surface area contributed by atoms with Gasteiger partial charge in [0.2, 0.25) is 5.13 Å². The van der Waals surface area contributed by atoms with Crippen LogP contribution in [0.25, 0.3) is 0 Å². The molecule has 0 atom stereocenters. The summed E-state index contributed by atoms with van der Waals surface area (Å²) in [4.78, 5) is 24.3. The Labute approximate surface area is 146 Å². The molecule has 8 heteroatoms. The molecule has 24 heavy (non-hydrogen) atoms. The first-order valence-corrected chi connectivity index (χ1v) is 8.28. The Balaban J connectivity index is 1.84. The van der Waals surface area contributed by atoms with E-state index in [2.05, 4.69) is 15.5 Å². The van der Waals surface area contributed by atoms with Crippen molar-refractivity contribution in [3.05, 3.63) is 74.1 Å². The van der Waals surface area contributed by atoms with Crippen LogP contribution < -0.4 is 10.9 Å². The zero-order chi connectivity index (χ0) is 17.1. The van der Waals surface area contributed by atoms with Gasteiger partial charge in [0.1, 0.15) is 5.01 Å². The number of benzene rings is 1. The average molecular weight is 361 g/mol. The Morgan fingerprint density at radius 3 is 2.75 bits per heavy atom. The Bertz CT molecular complexity index is 951. The largest absolute Gasteiger partial charge is 0.310 e. The van der Waals surface area contributed by atoms with Gasteiger partial charge in [0, 0.05) is 17.3 Å². The number of pyridine rings is 1. The summed E-state index contributed by atoms with van der Waals surface area (Å²) in [5.74, 6) is -0.348. The maximum atomic E-state index is 12.3. The van der Waals surface area contributed by atoms with Crippen molar-refractivity contribution in [2.45, 2.75) is 13.5 Å². The molecule has 0 fully saturated rings. The third-order valence-corrected chi connectivity index (χ3v) is 4.41.